The van der Waals surface area contributed by atoms with E-state index in [2.05, 4.69) is 9.71 Å². The summed E-state index contributed by atoms with van der Waals surface area (Å²) in [6.07, 6.45) is 0.304. The minimum atomic E-state index is -4.40. The Labute approximate surface area is 214 Å². The standard InChI is InChI=1S/C24H27F3N4O3S.ClH/c1-31-14-23(29-15-31)35(32,33)30-9-10-34-19-7-5-17-6-8-22(28)21(20(17)13-19)12-16-3-2-4-18(11-16)24(25,26)27;/h2-5,7,11,13-15,21-22,30H,6,8-10,12,28H2,1H3;1H. The molecule has 3 N–H and O–H groups in total. The molecule has 1 aliphatic rings. The maximum Gasteiger partial charge on any atom is 0.416 e. The largest absolute Gasteiger partial charge is 0.492 e. The lowest BCUT2D eigenvalue weighted by Gasteiger charge is -2.32. The van der Waals surface area contributed by atoms with Crippen molar-refractivity contribution in [1.82, 2.24) is 14.3 Å². The number of rotatable bonds is 8. The van der Waals surface area contributed by atoms with Crippen LogP contribution in [0.25, 0.3) is 0 Å². The van der Waals surface area contributed by atoms with Crippen LogP contribution in [0, 0.1) is 0 Å². The number of hydrogen-bond donors (Lipinski definition) is 2. The molecule has 0 spiro atoms. The van der Waals surface area contributed by atoms with E-state index in [-0.39, 0.29) is 42.5 Å². The molecule has 1 aliphatic carbocycles. The number of hydrogen-bond acceptors (Lipinski definition) is 5. The van der Waals surface area contributed by atoms with Crippen molar-refractivity contribution in [1.29, 1.82) is 0 Å². The second-order valence-electron chi connectivity index (χ2n) is 8.70. The first-order valence-electron chi connectivity index (χ1n) is 11.2. The van der Waals surface area contributed by atoms with Gasteiger partial charge in [0.25, 0.3) is 10.0 Å². The molecular formula is C24H28ClF3N4O3S. The number of fused-ring (bicyclic) bond motifs is 1. The molecule has 36 heavy (non-hydrogen) atoms. The Bertz CT molecular complexity index is 1300. The smallest absolute Gasteiger partial charge is 0.416 e. The van der Waals surface area contributed by atoms with Gasteiger partial charge in [0, 0.05) is 31.7 Å². The SMILES string of the molecule is Cl.Cn1cnc(S(=O)(=O)NCCOc2ccc3c(c2)C(Cc2cccc(C(F)(F)F)c2)C(N)CC3)c1. The average molecular weight is 545 g/mol. The lowest BCUT2D eigenvalue weighted by atomic mass is 9.76. The number of nitrogens with two attached hydrogens (primary N) is 1. The second kappa shape index (κ2) is 11.2. The van der Waals surface area contributed by atoms with E-state index in [1.807, 2.05) is 18.2 Å². The van der Waals surface area contributed by atoms with Gasteiger partial charge >= 0.3 is 6.18 Å². The lowest BCUT2D eigenvalue weighted by Crippen LogP contribution is -2.34. The van der Waals surface area contributed by atoms with Crippen LogP contribution in [-0.2, 0) is 36.1 Å². The van der Waals surface area contributed by atoms with E-state index >= 15 is 0 Å². The first-order chi connectivity index (χ1) is 16.5. The summed E-state index contributed by atoms with van der Waals surface area (Å²) >= 11 is 0. The summed E-state index contributed by atoms with van der Waals surface area (Å²) < 4.78 is 73.7. The van der Waals surface area contributed by atoms with Crippen LogP contribution in [0.1, 0.15) is 34.6 Å². The van der Waals surface area contributed by atoms with Gasteiger partial charge in [0.1, 0.15) is 12.4 Å². The summed E-state index contributed by atoms with van der Waals surface area (Å²) in [6.45, 7) is 0.137. The zero-order valence-electron chi connectivity index (χ0n) is 19.5. The third kappa shape index (κ3) is 6.58. The van der Waals surface area contributed by atoms with E-state index in [0.29, 0.717) is 17.7 Å². The van der Waals surface area contributed by atoms with Crippen molar-refractivity contribution < 1.29 is 26.3 Å². The maximum absolute atomic E-state index is 13.1. The van der Waals surface area contributed by atoms with Crippen LogP contribution in [0.5, 0.6) is 5.75 Å². The number of aromatic nitrogens is 2. The lowest BCUT2D eigenvalue weighted by molar-refractivity contribution is -0.137. The summed E-state index contributed by atoms with van der Waals surface area (Å²) in [6, 6.07) is 10.8. The zero-order valence-corrected chi connectivity index (χ0v) is 21.2. The molecule has 0 aliphatic heterocycles. The first-order valence-corrected chi connectivity index (χ1v) is 12.7. The Morgan fingerprint density at radius 2 is 2.00 bits per heavy atom. The van der Waals surface area contributed by atoms with Crippen LogP contribution in [0.2, 0.25) is 0 Å². The quantitative estimate of drug-likeness (QED) is 0.420. The molecule has 196 valence electrons. The molecule has 1 heterocycles. The van der Waals surface area contributed by atoms with Gasteiger partial charge in [-0.1, -0.05) is 24.3 Å². The molecule has 0 saturated carbocycles. The normalized spacial score (nSPS) is 17.8. The fraction of sp³-hybridized carbons (Fsp3) is 0.375. The van der Waals surface area contributed by atoms with Gasteiger partial charge in [-0.05, 0) is 54.2 Å². The Balaban J connectivity index is 0.00000361. The molecule has 2 aromatic carbocycles. The fourth-order valence-corrected chi connectivity index (χ4v) is 5.32. The van der Waals surface area contributed by atoms with E-state index in [0.717, 1.165) is 30.0 Å². The number of sulfonamides is 1. The first kappa shape index (κ1) is 28.0. The van der Waals surface area contributed by atoms with Gasteiger partial charge in [0.15, 0.2) is 5.03 Å². The van der Waals surface area contributed by atoms with E-state index in [1.165, 1.54) is 24.7 Å². The number of nitrogens with one attached hydrogen (secondary N) is 1. The highest BCUT2D eigenvalue weighted by atomic mass is 35.5. The highest BCUT2D eigenvalue weighted by Gasteiger charge is 2.32. The predicted molar refractivity (Wildman–Crippen MR) is 132 cm³/mol. The molecule has 4 rings (SSSR count). The van der Waals surface area contributed by atoms with Crippen molar-refractivity contribution in [2.75, 3.05) is 13.2 Å². The molecule has 2 unspecified atom stereocenters. The number of halogens is 4. The number of aryl methyl sites for hydroxylation is 2. The molecule has 0 fully saturated rings. The van der Waals surface area contributed by atoms with Crippen LogP contribution in [-0.4, -0.2) is 37.2 Å². The summed E-state index contributed by atoms with van der Waals surface area (Å²) in [5.41, 5.74) is 8.33. The Kier molecular flexibility index (Phi) is 8.71. The Hall–Kier alpha value is -2.60. The Morgan fingerprint density at radius 1 is 1.22 bits per heavy atom. The third-order valence-electron chi connectivity index (χ3n) is 6.11. The van der Waals surface area contributed by atoms with Gasteiger partial charge in [0.05, 0.1) is 11.9 Å². The zero-order chi connectivity index (χ0) is 25.2. The van der Waals surface area contributed by atoms with Crippen LogP contribution >= 0.6 is 12.4 Å². The van der Waals surface area contributed by atoms with Gasteiger partial charge in [-0.2, -0.15) is 13.2 Å². The summed E-state index contributed by atoms with van der Waals surface area (Å²) in [4.78, 5) is 3.84. The molecule has 1 aromatic heterocycles. The number of benzene rings is 2. The predicted octanol–water partition coefficient (Wildman–Crippen LogP) is 3.82. The number of alkyl halides is 3. The average Bonchev–Trinajstić information content (AvgIpc) is 3.26. The summed E-state index contributed by atoms with van der Waals surface area (Å²) in [7, 11) is -2.05. The van der Waals surface area contributed by atoms with E-state index in [4.69, 9.17) is 10.5 Å². The van der Waals surface area contributed by atoms with Crippen molar-refractivity contribution >= 4 is 22.4 Å². The molecule has 3 aromatic rings. The van der Waals surface area contributed by atoms with Crippen molar-refractivity contribution in [2.24, 2.45) is 12.8 Å². The maximum atomic E-state index is 13.1. The molecule has 0 bridgehead atoms. The molecule has 0 saturated heterocycles. The Morgan fingerprint density at radius 3 is 2.69 bits per heavy atom. The minimum Gasteiger partial charge on any atom is -0.492 e. The monoisotopic (exact) mass is 544 g/mol. The van der Waals surface area contributed by atoms with Crippen molar-refractivity contribution in [3.8, 4) is 5.75 Å². The fourth-order valence-electron chi connectivity index (χ4n) is 4.33. The van der Waals surface area contributed by atoms with Crippen LogP contribution < -0.4 is 15.2 Å². The van der Waals surface area contributed by atoms with Crippen LogP contribution in [0.15, 0.2) is 60.0 Å². The molecule has 2 atom stereocenters. The van der Waals surface area contributed by atoms with Gasteiger partial charge in [-0.25, -0.2) is 18.1 Å². The van der Waals surface area contributed by atoms with Crippen LogP contribution in [0.4, 0.5) is 13.2 Å². The minimum absolute atomic E-state index is 0. The second-order valence-corrected chi connectivity index (χ2v) is 10.4. The van der Waals surface area contributed by atoms with Gasteiger partial charge in [0.2, 0.25) is 0 Å². The van der Waals surface area contributed by atoms with Gasteiger partial charge in [-0.15, -0.1) is 12.4 Å². The third-order valence-corrected chi connectivity index (χ3v) is 7.46. The van der Waals surface area contributed by atoms with Crippen molar-refractivity contribution in [3.05, 3.63) is 77.2 Å². The van der Waals surface area contributed by atoms with Crippen molar-refractivity contribution in [2.45, 2.75) is 42.4 Å². The van der Waals surface area contributed by atoms with Gasteiger partial charge in [-0.3, -0.25) is 0 Å². The topological polar surface area (TPSA) is 99.2 Å². The number of nitrogens with zero attached hydrogens (tertiary/aromatic N) is 2. The summed E-state index contributed by atoms with van der Waals surface area (Å²) in [5.74, 6) is 0.386. The molecule has 0 amide bonds. The molecular weight excluding hydrogens is 517 g/mol. The number of imidazole rings is 1. The van der Waals surface area contributed by atoms with Gasteiger partial charge < -0.3 is 15.0 Å². The molecule has 0 radical (unpaired) electrons. The van der Waals surface area contributed by atoms with Crippen LogP contribution in [0.3, 0.4) is 0 Å². The van der Waals surface area contributed by atoms with E-state index < -0.39 is 21.8 Å². The van der Waals surface area contributed by atoms with E-state index in [1.54, 1.807) is 17.7 Å². The number of ether oxygens (including phenoxy) is 1. The van der Waals surface area contributed by atoms with Crippen molar-refractivity contribution in [3.63, 3.8) is 0 Å². The highest BCUT2D eigenvalue weighted by molar-refractivity contribution is 7.89. The highest BCUT2D eigenvalue weighted by Crippen LogP contribution is 2.37. The summed E-state index contributed by atoms with van der Waals surface area (Å²) in [5, 5.41) is -0.0693. The van der Waals surface area contributed by atoms with E-state index in [9.17, 15) is 21.6 Å². The molecule has 7 nitrogen and oxygen atoms in total. The molecule has 12 heteroatoms.